The molecule has 4 heteroatoms. The molecule has 0 aromatic heterocycles. The second-order valence-electron chi connectivity index (χ2n) is 7.55. The monoisotopic (exact) mass is 360 g/mol. The minimum Gasteiger partial charge on any atom is -1.00 e. The van der Waals surface area contributed by atoms with Crippen LogP contribution >= 0.6 is 0 Å². The summed E-state index contributed by atoms with van der Waals surface area (Å²) in [6.07, 6.45) is 12.2. The maximum Gasteiger partial charge on any atom is -1.00 e. The van der Waals surface area contributed by atoms with Gasteiger partial charge in [-0.05, 0) is 0 Å². The zero-order valence-electron chi connectivity index (χ0n) is 13.5. The molecule has 0 aliphatic heterocycles. The Balaban J connectivity index is 0.00000200. The maximum atomic E-state index is 2.49. The van der Waals surface area contributed by atoms with Gasteiger partial charge in [0.15, 0.2) is 0 Å². The average molecular weight is 361 g/mol. The van der Waals surface area contributed by atoms with Crippen LogP contribution < -0.4 is 12.4 Å². The number of halogens is 1. The summed E-state index contributed by atoms with van der Waals surface area (Å²) in [6.45, 7) is 14.9. The minimum atomic E-state index is -1.14. The average Bonchev–Trinajstić information content (AvgIpc) is 2.83. The molecule has 110 valence electrons. The molecule has 0 nitrogen and oxygen atoms in total. The third-order valence-corrected chi connectivity index (χ3v) is 10.7. The Morgan fingerprint density at radius 3 is 1.40 bits per heavy atom. The zero-order chi connectivity index (χ0) is 14.3. The smallest absolute Gasteiger partial charge is 1.00 e. The van der Waals surface area contributed by atoms with E-state index in [1.165, 1.54) is 12.8 Å². The summed E-state index contributed by atoms with van der Waals surface area (Å²) in [5, 5.41) is 3.50. The molecular weight excluding hydrogens is 335 g/mol. The van der Waals surface area contributed by atoms with Crippen LogP contribution in [-0.4, -0.2) is 16.1 Å². The Morgan fingerprint density at radius 2 is 1.10 bits per heavy atom. The first kappa shape index (κ1) is 18.3. The van der Waals surface area contributed by atoms with Crippen LogP contribution in [-0.2, 0) is 16.3 Å². The van der Waals surface area contributed by atoms with Crippen molar-refractivity contribution in [1.82, 2.24) is 0 Å². The van der Waals surface area contributed by atoms with Gasteiger partial charge in [-0.1, -0.05) is 0 Å². The van der Waals surface area contributed by atoms with E-state index in [9.17, 15) is 0 Å². The number of rotatable bonds is 4. The first-order valence-corrected chi connectivity index (χ1v) is 15.6. The fourth-order valence-electron chi connectivity index (χ4n) is 2.73. The van der Waals surface area contributed by atoms with Crippen molar-refractivity contribution in [3.05, 3.63) is 43.3 Å². The molecule has 0 amide bonds. The third kappa shape index (κ3) is 4.14. The van der Waals surface area contributed by atoms with Crippen LogP contribution in [0.1, 0.15) is 12.8 Å². The van der Waals surface area contributed by atoms with Crippen LogP contribution in [0.15, 0.2) is 43.3 Å². The second-order valence-corrected chi connectivity index (χ2v) is 19.7. The Labute approximate surface area is 140 Å². The van der Waals surface area contributed by atoms with Gasteiger partial charge in [-0.2, -0.15) is 0 Å². The van der Waals surface area contributed by atoms with E-state index < -0.39 is 16.1 Å². The maximum absolute atomic E-state index is 2.49. The molecular formula is C16H26ClSi2V. The summed E-state index contributed by atoms with van der Waals surface area (Å²) < 4.78 is 3.62. The van der Waals surface area contributed by atoms with Gasteiger partial charge in [0.2, 0.25) is 0 Å². The largest absolute Gasteiger partial charge is 1.00 e. The fraction of sp³-hybridized carbons (Fsp3) is 0.500. The van der Waals surface area contributed by atoms with Gasteiger partial charge in [0.05, 0.1) is 0 Å². The minimum absolute atomic E-state index is 0. The van der Waals surface area contributed by atoms with Crippen LogP contribution in [0, 0.1) is 0 Å². The number of allylic oxidation sites excluding steroid dienone is 8. The first-order valence-electron chi connectivity index (χ1n) is 7.21. The Bertz CT molecular complexity index is 454. The van der Waals surface area contributed by atoms with Gasteiger partial charge >= 0.3 is 128 Å². The van der Waals surface area contributed by atoms with Crippen LogP contribution in [0.5, 0.6) is 0 Å². The van der Waals surface area contributed by atoms with Gasteiger partial charge in [-0.25, -0.2) is 0 Å². The van der Waals surface area contributed by atoms with Crippen LogP contribution in [0.4, 0.5) is 0 Å². The molecule has 0 saturated heterocycles. The molecule has 2 rings (SSSR count). The van der Waals surface area contributed by atoms with Crippen molar-refractivity contribution in [2.45, 2.75) is 52.1 Å². The molecule has 0 saturated carbocycles. The van der Waals surface area contributed by atoms with Crippen molar-refractivity contribution in [2.24, 2.45) is 0 Å². The Hall–Kier alpha value is 0.268. The molecule has 0 heterocycles. The Morgan fingerprint density at radius 1 is 0.750 bits per heavy atom. The van der Waals surface area contributed by atoms with E-state index in [2.05, 4.69) is 63.6 Å². The molecule has 0 atom stereocenters. The Kier molecular flexibility index (Phi) is 6.02. The molecule has 0 bridgehead atoms. The van der Waals surface area contributed by atoms with Crippen molar-refractivity contribution >= 4 is 16.1 Å². The van der Waals surface area contributed by atoms with Gasteiger partial charge in [-0.15, -0.1) is 0 Å². The summed E-state index contributed by atoms with van der Waals surface area (Å²) >= 11 is 0.276. The van der Waals surface area contributed by atoms with Crippen molar-refractivity contribution in [3.8, 4) is 0 Å². The van der Waals surface area contributed by atoms with Crippen LogP contribution in [0.25, 0.3) is 0 Å². The molecule has 0 aromatic rings. The standard InChI is InChI=1S/2C8H13Si.ClH.V/c2*1-9(2,3)8-6-4-5-7-8;;/h2*4,6H,5H2,1-3H3;1H;/q;;;+1/p-1. The molecule has 0 aromatic carbocycles. The van der Waals surface area contributed by atoms with E-state index in [1.807, 2.05) is 8.57 Å². The zero-order valence-corrected chi connectivity index (χ0v) is 17.7. The third-order valence-electron chi connectivity index (χ3n) is 3.70. The molecule has 0 N–H and O–H groups in total. The second kappa shape index (κ2) is 6.58. The topological polar surface area (TPSA) is 0 Å². The molecule has 2 aliphatic rings. The van der Waals surface area contributed by atoms with Crippen LogP contribution in [0.2, 0.25) is 39.3 Å². The van der Waals surface area contributed by atoms with Crippen molar-refractivity contribution in [3.63, 3.8) is 0 Å². The van der Waals surface area contributed by atoms with Crippen molar-refractivity contribution < 1.29 is 28.7 Å². The molecule has 20 heavy (non-hydrogen) atoms. The van der Waals surface area contributed by atoms with E-state index in [0.29, 0.717) is 0 Å². The van der Waals surface area contributed by atoms with Gasteiger partial charge in [0, 0.05) is 0 Å². The molecule has 2 aliphatic carbocycles. The molecule has 0 unspecified atom stereocenters. The van der Waals surface area contributed by atoms with E-state index in [1.54, 1.807) is 10.4 Å². The number of hydrogen-bond acceptors (Lipinski definition) is 0. The normalized spacial score (nSPS) is 18.9. The molecule has 0 spiro atoms. The van der Waals surface area contributed by atoms with Gasteiger partial charge in [0.25, 0.3) is 0 Å². The van der Waals surface area contributed by atoms with Gasteiger partial charge in [0.1, 0.15) is 0 Å². The summed E-state index contributed by atoms with van der Waals surface area (Å²) in [7, 11) is -2.28. The summed E-state index contributed by atoms with van der Waals surface area (Å²) in [6, 6.07) is 0. The molecule has 0 fully saturated rings. The van der Waals surface area contributed by atoms with E-state index in [0.717, 1.165) is 0 Å². The SMILES string of the molecule is C[Si](C)(C)C1=[C]([V+][C]2=C([Si](C)(C)C)C=CC2)CC=C1.[Cl-]. The summed E-state index contributed by atoms with van der Waals surface area (Å²) in [5.74, 6) is 0. The van der Waals surface area contributed by atoms with Crippen molar-refractivity contribution in [1.29, 1.82) is 0 Å². The fourth-order valence-corrected chi connectivity index (χ4v) is 11.2. The van der Waals surface area contributed by atoms with E-state index in [-0.39, 0.29) is 28.7 Å². The van der Waals surface area contributed by atoms with E-state index in [4.69, 9.17) is 0 Å². The predicted molar refractivity (Wildman–Crippen MR) is 88.3 cm³/mol. The number of hydrogen-bond donors (Lipinski definition) is 0. The van der Waals surface area contributed by atoms with E-state index >= 15 is 0 Å². The van der Waals surface area contributed by atoms with Gasteiger partial charge in [-0.3, -0.25) is 0 Å². The first-order chi connectivity index (χ1) is 8.69. The van der Waals surface area contributed by atoms with Crippen molar-refractivity contribution in [2.75, 3.05) is 0 Å². The quantitative estimate of drug-likeness (QED) is 0.675. The summed E-state index contributed by atoms with van der Waals surface area (Å²) in [4.78, 5) is 0. The summed E-state index contributed by atoms with van der Waals surface area (Å²) in [5.41, 5.74) is 0. The van der Waals surface area contributed by atoms with Crippen LogP contribution in [0.3, 0.4) is 0 Å². The van der Waals surface area contributed by atoms with Gasteiger partial charge < -0.3 is 12.4 Å². The predicted octanol–water partition coefficient (Wildman–Crippen LogP) is 2.26. The molecule has 0 radical (unpaired) electrons.